The quantitative estimate of drug-likeness (QED) is 0.643. The van der Waals surface area contributed by atoms with Gasteiger partial charge < -0.3 is 15.8 Å². The molecule has 1 fully saturated rings. The molecule has 1 aliphatic rings. The van der Waals surface area contributed by atoms with Crippen LogP contribution in [0.25, 0.3) is 0 Å². The maximum atomic E-state index is 5.49. The van der Waals surface area contributed by atoms with Crippen molar-refractivity contribution in [1.82, 2.24) is 5.32 Å². The van der Waals surface area contributed by atoms with Gasteiger partial charge in [-0.2, -0.15) is 0 Å². The fourth-order valence-electron chi connectivity index (χ4n) is 1.50. The molecule has 0 spiro atoms. The van der Waals surface area contributed by atoms with E-state index in [0.717, 1.165) is 13.2 Å². The molecule has 3 heteroatoms. The van der Waals surface area contributed by atoms with Gasteiger partial charge in [0.25, 0.3) is 0 Å². The summed E-state index contributed by atoms with van der Waals surface area (Å²) in [7, 11) is 0. The summed E-state index contributed by atoms with van der Waals surface area (Å²) in [5, 5.41) is 3.39. The summed E-state index contributed by atoms with van der Waals surface area (Å²) in [4.78, 5) is 0. The number of rotatable bonds is 4. The standard InChI is InChI=1S/C9H20N2O/c1-7(4-10)11-5-9-3-8(2)12-6-9/h7-9,11H,3-6,10H2,1-2H3/t7-,8?,9?/m0/s1. The van der Waals surface area contributed by atoms with Crippen molar-refractivity contribution >= 4 is 0 Å². The Hall–Kier alpha value is -0.120. The van der Waals surface area contributed by atoms with Crippen LogP contribution in [-0.4, -0.2) is 31.8 Å². The summed E-state index contributed by atoms with van der Waals surface area (Å²) in [5.74, 6) is 0.689. The van der Waals surface area contributed by atoms with Crippen molar-refractivity contribution in [1.29, 1.82) is 0 Å². The van der Waals surface area contributed by atoms with E-state index in [4.69, 9.17) is 10.5 Å². The van der Waals surface area contributed by atoms with Crippen LogP contribution in [0.2, 0.25) is 0 Å². The predicted molar refractivity (Wildman–Crippen MR) is 50.0 cm³/mol. The molecule has 12 heavy (non-hydrogen) atoms. The largest absolute Gasteiger partial charge is 0.378 e. The van der Waals surface area contributed by atoms with Crippen LogP contribution in [0, 0.1) is 5.92 Å². The second-order valence-electron chi connectivity index (χ2n) is 3.79. The van der Waals surface area contributed by atoms with Crippen LogP contribution in [0.3, 0.4) is 0 Å². The maximum absolute atomic E-state index is 5.49. The highest BCUT2D eigenvalue weighted by atomic mass is 16.5. The maximum Gasteiger partial charge on any atom is 0.0551 e. The highest BCUT2D eigenvalue weighted by Crippen LogP contribution is 2.17. The smallest absolute Gasteiger partial charge is 0.0551 e. The lowest BCUT2D eigenvalue weighted by molar-refractivity contribution is 0.120. The van der Waals surface area contributed by atoms with Crippen molar-refractivity contribution in [2.75, 3.05) is 19.7 Å². The molecular weight excluding hydrogens is 152 g/mol. The molecule has 0 aromatic heterocycles. The first kappa shape index (κ1) is 9.96. The minimum absolute atomic E-state index is 0.431. The topological polar surface area (TPSA) is 47.3 Å². The highest BCUT2D eigenvalue weighted by Gasteiger charge is 2.21. The molecule has 0 aromatic carbocycles. The average molecular weight is 172 g/mol. The predicted octanol–water partition coefficient (Wildman–Crippen LogP) is 0.348. The Bertz CT molecular complexity index is 130. The third-order valence-corrected chi connectivity index (χ3v) is 2.39. The molecule has 0 aliphatic carbocycles. The van der Waals surface area contributed by atoms with E-state index in [1.807, 2.05) is 0 Å². The first-order chi connectivity index (χ1) is 5.72. The third kappa shape index (κ3) is 3.09. The molecule has 0 saturated carbocycles. The fourth-order valence-corrected chi connectivity index (χ4v) is 1.50. The van der Waals surface area contributed by atoms with Gasteiger partial charge in [-0.1, -0.05) is 0 Å². The lowest BCUT2D eigenvalue weighted by Gasteiger charge is -2.14. The molecule has 3 nitrogen and oxygen atoms in total. The van der Waals surface area contributed by atoms with Crippen molar-refractivity contribution < 1.29 is 4.74 Å². The second-order valence-corrected chi connectivity index (χ2v) is 3.79. The van der Waals surface area contributed by atoms with Crippen molar-refractivity contribution in [3.63, 3.8) is 0 Å². The summed E-state index contributed by atoms with van der Waals surface area (Å²) < 4.78 is 5.46. The van der Waals surface area contributed by atoms with Gasteiger partial charge in [-0.3, -0.25) is 0 Å². The summed E-state index contributed by atoms with van der Waals surface area (Å²) >= 11 is 0. The molecule has 0 radical (unpaired) electrons. The van der Waals surface area contributed by atoms with Gasteiger partial charge in [0.1, 0.15) is 0 Å². The van der Waals surface area contributed by atoms with Crippen molar-refractivity contribution in [3.8, 4) is 0 Å². The molecule has 1 saturated heterocycles. The van der Waals surface area contributed by atoms with Crippen LogP contribution >= 0.6 is 0 Å². The van der Waals surface area contributed by atoms with Gasteiger partial charge in [0.15, 0.2) is 0 Å². The van der Waals surface area contributed by atoms with Crippen LogP contribution in [-0.2, 0) is 4.74 Å². The number of ether oxygens (including phenoxy) is 1. The van der Waals surface area contributed by atoms with E-state index in [9.17, 15) is 0 Å². The minimum Gasteiger partial charge on any atom is -0.378 e. The second kappa shape index (κ2) is 4.80. The molecular formula is C9H20N2O. The Morgan fingerprint density at radius 2 is 2.42 bits per heavy atom. The molecule has 0 amide bonds. The SMILES string of the molecule is CC1CC(CN[C@@H](C)CN)CO1. The van der Waals surface area contributed by atoms with Crippen molar-refractivity contribution in [2.24, 2.45) is 11.7 Å². The van der Waals surface area contributed by atoms with Crippen LogP contribution in [0.4, 0.5) is 0 Å². The van der Waals surface area contributed by atoms with E-state index in [0.29, 0.717) is 24.6 Å². The van der Waals surface area contributed by atoms with Crippen LogP contribution < -0.4 is 11.1 Å². The molecule has 3 atom stereocenters. The molecule has 1 rings (SSSR count). The van der Waals surface area contributed by atoms with E-state index in [2.05, 4.69) is 19.2 Å². The summed E-state index contributed by atoms with van der Waals surface area (Å²) in [6.45, 7) is 6.91. The van der Waals surface area contributed by atoms with E-state index in [-0.39, 0.29) is 0 Å². The van der Waals surface area contributed by atoms with Gasteiger partial charge >= 0.3 is 0 Å². The zero-order chi connectivity index (χ0) is 8.97. The highest BCUT2D eigenvalue weighted by molar-refractivity contribution is 4.73. The number of nitrogens with two attached hydrogens (primary N) is 1. The lowest BCUT2D eigenvalue weighted by Crippen LogP contribution is -2.36. The van der Waals surface area contributed by atoms with Crippen molar-refractivity contribution in [2.45, 2.75) is 32.4 Å². The third-order valence-electron chi connectivity index (χ3n) is 2.39. The zero-order valence-electron chi connectivity index (χ0n) is 8.05. The Balaban J connectivity index is 2.07. The van der Waals surface area contributed by atoms with Gasteiger partial charge in [-0.25, -0.2) is 0 Å². The first-order valence-corrected chi connectivity index (χ1v) is 4.77. The molecule has 1 aliphatic heterocycles. The normalized spacial score (nSPS) is 32.2. The van der Waals surface area contributed by atoms with Crippen LogP contribution in [0.15, 0.2) is 0 Å². The molecule has 3 N–H and O–H groups in total. The number of nitrogens with one attached hydrogen (secondary N) is 1. The number of hydrogen-bond donors (Lipinski definition) is 2. The van der Waals surface area contributed by atoms with Gasteiger partial charge in [0, 0.05) is 19.1 Å². The Labute approximate surface area is 74.7 Å². The molecule has 0 aromatic rings. The Morgan fingerprint density at radius 1 is 1.67 bits per heavy atom. The fraction of sp³-hybridized carbons (Fsp3) is 1.00. The van der Waals surface area contributed by atoms with Gasteiger partial charge in [-0.05, 0) is 26.2 Å². The monoisotopic (exact) mass is 172 g/mol. The molecule has 0 bridgehead atoms. The van der Waals surface area contributed by atoms with E-state index < -0.39 is 0 Å². The Kier molecular flexibility index (Phi) is 3.98. The van der Waals surface area contributed by atoms with E-state index >= 15 is 0 Å². The van der Waals surface area contributed by atoms with Gasteiger partial charge in [0.2, 0.25) is 0 Å². The molecule has 72 valence electrons. The summed E-state index contributed by atoms with van der Waals surface area (Å²) in [6, 6.07) is 0.431. The van der Waals surface area contributed by atoms with Crippen LogP contribution in [0.1, 0.15) is 20.3 Å². The van der Waals surface area contributed by atoms with Gasteiger partial charge in [0.05, 0.1) is 12.7 Å². The average Bonchev–Trinajstić information content (AvgIpc) is 2.47. The van der Waals surface area contributed by atoms with E-state index in [1.165, 1.54) is 6.42 Å². The minimum atomic E-state index is 0.431. The van der Waals surface area contributed by atoms with E-state index in [1.54, 1.807) is 0 Å². The summed E-state index contributed by atoms with van der Waals surface area (Å²) in [5.41, 5.74) is 5.49. The van der Waals surface area contributed by atoms with Crippen LogP contribution in [0.5, 0.6) is 0 Å². The molecule has 2 unspecified atom stereocenters. The zero-order valence-corrected chi connectivity index (χ0v) is 8.05. The summed E-state index contributed by atoms with van der Waals surface area (Å²) in [6.07, 6.45) is 1.63. The number of hydrogen-bond acceptors (Lipinski definition) is 3. The van der Waals surface area contributed by atoms with Crippen molar-refractivity contribution in [3.05, 3.63) is 0 Å². The Morgan fingerprint density at radius 3 is 2.92 bits per heavy atom. The van der Waals surface area contributed by atoms with Gasteiger partial charge in [-0.15, -0.1) is 0 Å². The molecule has 1 heterocycles. The first-order valence-electron chi connectivity index (χ1n) is 4.77. The lowest BCUT2D eigenvalue weighted by atomic mass is 10.1.